The summed E-state index contributed by atoms with van der Waals surface area (Å²) in [6.45, 7) is 2.90. The molecule has 1 aromatic heterocycles. The monoisotopic (exact) mass is 238 g/mol. The minimum Gasteiger partial charge on any atom is -0.399 e. The lowest BCUT2D eigenvalue weighted by molar-refractivity contribution is 0.821. The Labute approximate surface area is 104 Å². The van der Waals surface area contributed by atoms with Gasteiger partial charge in [0, 0.05) is 23.0 Å². The predicted octanol–water partition coefficient (Wildman–Crippen LogP) is 2.76. The molecule has 0 spiro atoms. The van der Waals surface area contributed by atoms with E-state index in [9.17, 15) is 4.79 Å². The van der Waals surface area contributed by atoms with Gasteiger partial charge >= 0.3 is 0 Å². The second-order valence-electron chi connectivity index (χ2n) is 4.37. The molecule has 0 aliphatic heterocycles. The SMILES string of the molecule is CCn1c2ccccc2c(=O)c2cc(N)ccc21. The number of nitrogens with zero attached hydrogens (tertiary/aromatic N) is 1. The Bertz CT molecular complexity index is 803. The van der Waals surface area contributed by atoms with Gasteiger partial charge in [0.15, 0.2) is 5.43 Å². The van der Waals surface area contributed by atoms with Crippen LogP contribution in [0.1, 0.15) is 6.92 Å². The highest BCUT2D eigenvalue weighted by Crippen LogP contribution is 2.20. The van der Waals surface area contributed by atoms with Crippen LogP contribution in [0, 0.1) is 0 Å². The first-order chi connectivity index (χ1) is 8.72. The van der Waals surface area contributed by atoms with Crippen LogP contribution in [0.5, 0.6) is 0 Å². The van der Waals surface area contributed by atoms with Gasteiger partial charge in [0.2, 0.25) is 0 Å². The second kappa shape index (κ2) is 3.88. The fourth-order valence-electron chi connectivity index (χ4n) is 2.49. The van der Waals surface area contributed by atoms with E-state index in [0.29, 0.717) is 11.1 Å². The summed E-state index contributed by atoms with van der Waals surface area (Å²) >= 11 is 0. The van der Waals surface area contributed by atoms with Crippen molar-refractivity contribution < 1.29 is 0 Å². The number of anilines is 1. The molecule has 0 radical (unpaired) electrons. The highest BCUT2D eigenvalue weighted by atomic mass is 16.1. The second-order valence-corrected chi connectivity index (χ2v) is 4.37. The number of rotatable bonds is 1. The molecule has 0 amide bonds. The zero-order valence-corrected chi connectivity index (χ0v) is 10.2. The van der Waals surface area contributed by atoms with Gasteiger partial charge < -0.3 is 10.3 Å². The van der Waals surface area contributed by atoms with Crippen molar-refractivity contribution in [2.75, 3.05) is 5.73 Å². The number of pyridine rings is 1. The maximum Gasteiger partial charge on any atom is 0.197 e. The number of benzene rings is 2. The van der Waals surface area contributed by atoms with Crippen molar-refractivity contribution in [3.05, 3.63) is 52.7 Å². The zero-order chi connectivity index (χ0) is 12.7. The molecule has 3 aromatic rings. The van der Waals surface area contributed by atoms with E-state index in [1.54, 1.807) is 6.07 Å². The summed E-state index contributed by atoms with van der Waals surface area (Å²) < 4.78 is 2.14. The highest BCUT2D eigenvalue weighted by molar-refractivity contribution is 5.94. The van der Waals surface area contributed by atoms with Gasteiger partial charge in [-0.3, -0.25) is 4.79 Å². The topological polar surface area (TPSA) is 48.0 Å². The summed E-state index contributed by atoms with van der Waals surface area (Å²) in [6, 6.07) is 13.2. The maximum absolute atomic E-state index is 12.4. The van der Waals surface area contributed by atoms with Crippen LogP contribution < -0.4 is 11.2 Å². The number of aryl methyl sites for hydroxylation is 1. The standard InChI is InChI=1S/C15H14N2O/c1-2-17-13-6-4-3-5-11(13)15(18)12-9-10(16)7-8-14(12)17/h3-9H,2,16H2,1H3. The van der Waals surface area contributed by atoms with Gasteiger partial charge in [0.25, 0.3) is 0 Å². The Balaban J connectivity index is 2.66. The molecular formula is C15H14N2O. The lowest BCUT2D eigenvalue weighted by Gasteiger charge is -2.13. The third-order valence-electron chi connectivity index (χ3n) is 3.31. The number of hydrogen-bond acceptors (Lipinski definition) is 2. The van der Waals surface area contributed by atoms with Gasteiger partial charge in [0.05, 0.1) is 11.0 Å². The Morgan fingerprint density at radius 2 is 1.78 bits per heavy atom. The third-order valence-corrected chi connectivity index (χ3v) is 3.31. The van der Waals surface area contributed by atoms with E-state index >= 15 is 0 Å². The van der Waals surface area contributed by atoms with Gasteiger partial charge in [-0.1, -0.05) is 12.1 Å². The van der Waals surface area contributed by atoms with E-state index in [1.165, 1.54) is 0 Å². The summed E-state index contributed by atoms with van der Waals surface area (Å²) in [7, 11) is 0. The van der Waals surface area contributed by atoms with E-state index in [4.69, 9.17) is 5.73 Å². The van der Waals surface area contributed by atoms with Crippen LogP contribution in [-0.4, -0.2) is 4.57 Å². The molecule has 2 N–H and O–H groups in total. The normalized spacial score (nSPS) is 11.2. The first kappa shape index (κ1) is 10.8. The molecule has 0 aliphatic carbocycles. The number of aromatic nitrogens is 1. The molecule has 3 rings (SSSR count). The molecule has 0 aliphatic rings. The number of nitrogens with two attached hydrogens (primary N) is 1. The van der Waals surface area contributed by atoms with Crippen LogP contribution in [-0.2, 0) is 6.54 Å². The van der Waals surface area contributed by atoms with Gasteiger partial charge in [0.1, 0.15) is 0 Å². The minimum absolute atomic E-state index is 0.0533. The van der Waals surface area contributed by atoms with Gasteiger partial charge in [-0.25, -0.2) is 0 Å². The van der Waals surface area contributed by atoms with E-state index < -0.39 is 0 Å². The van der Waals surface area contributed by atoms with E-state index in [1.807, 2.05) is 36.4 Å². The van der Waals surface area contributed by atoms with Crippen molar-refractivity contribution in [1.82, 2.24) is 4.57 Å². The fraction of sp³-hybridized carbons (Fsp3) is 0.133. The predicted molar refractivity (Wildman–Crippen MR) is 75.8 cm³/mol. The highest BCUT2D eigenvalue weighted by Gasteiger charge is 2.09. The van der Waals surface area contributed by atoms with Crippen LogP contribution in [0.15, 0.2) is 47.3 Å². The minimum atomic E-state index is 0.0533. The molecule has 3 heteroatoms. The Hall–Kier alpha value is -2.29. The summed E-state index contributed by atoms with van der Waals surface area (Å²) in [6.07, 6.45) is 0. The first-order valence-corrected chi connectivity index (χ1v) is 6.03. The summed E-state index contributed by atoms with van der Waals surface area (Å²) in [4.78, 5) is 12.4. The smallest absolute Gasteiger partial charge is 0.197 e. The van der Waals surface area contributed by atoms with Gasteiger partial charge in [-0.2, -0.15) is 0 Å². The molecule has 0 fully saturated rings. The molecule has 0 atom stereocenters. The van der Waals surface area contributed by atoms with Crippen LogP contribution in [0.4, 0.5) is 5.69 Å². The number of fused-ring (bicyclic) bond motifs is 2. The molecule has 0 saturated carbocycles. The van der Waals surface area contributed by atoms with Crippen molar-refractivity contribution in [1.29, 1.82) is 0 Å². The number of para-hydroxylation sites is 1. The maximum atomic E-state index is 12.4. The van der Waals surface area contributed by atoms with Crippen LogP contribution in [0.25, 0.3) is 21.8 Å². The third kappa shape index (κ3) is 1.40. The summed E-state index contributed by atoms with van der Waals surface area (Å²) in [5, 5.41) is 1.44. The van der Waals surface area contributed by atoms with E-state index in [0.717, 1.165) is 23.0 Å². The number of nitrogen functional groups attached to an aromatic ring is 1. The van der Waals surface area contributed by atoms with Crippen molar-refractivity contribution in [3.8, 4) is 0 Å². The molecule has 0 saturated heterocycles. The molecular weight excluding hydrogens is 224 g/mol. The largest absolute Gasteiger partial charge is 0.399 e. The molecule has 90 valence electrons. The van der Waals surface area contributed by atoms with Gasteiger partial charge in [-0.05, 0) is 37.3 Å². The van der Waals surface area contributed by atoms with Crippen LogP contribution in [0.3, 0.4) is 0 Å². The summed E-state index contributed by atoms with van der Waals surface area (Å²) in [5.74, 6) is 0. The van der Waals surface area contributed by atoms with E-state index in [2.05, 4.69) is 11.5 Å². The molecule has 1 heterocycles. The Morgan fingerprint density at radius 1 is 1.06 bits per heavy atom. The summed E-state index contributed by atoms with van der Waals surface area (Å²) in [5.41, 5.74) is 8.37. The van der Waals surface area contributed by atoms with Crippen LogP contribution >= 0.6 is 0 Å². The molecule has 2 aromatic carbocycles. The van der Waals surface area contributed by atoms with Gasteiger partial charge in [-0.15, -0.1) is 0 Å². The van der Waals surface area contributed by atoms with Crippen molar-refractivity contribution in [3.63, 3.8) is 0 Å². The van der Waals surface area contributed by atoms with Crippen molar-refractivity contribution in [2.24, 2.45) is 0 Å². The lowest BCUT2D eigenvalue weighted by atomic mass is 10.1. The quantitative estimate of drug-likeness (QED) is 0.523. The van der Waals surface area contributed by atoms with E-state index in [-0.39, 0.29) is 5.43 Å². The molecule has 0 bridgehead atoms. The first-order valence-electron chi connectivity index (χ1n) is 6.03. The number of hydrogen-bond donors (Lipinski definition) is 1. The average Bonchev–Trinajstić information content (AvgIpc) is 2.40. The molecule has 0 unspecified atom stereocenters. The Kier molecular flexibility index (Phi) is 2.33. The fourth-order valence-corrected chi connectivity index (χ4v) is 2.49. The Morgan fingerprint density at radius 3 is 2.56 bits per heavy atom. The average molecular weight is 238 g/mol. The lowest BCUT2D eigenvalue weighted by Crippen LogP contribution is -2.11. The van der Waals surface area contributed by atoms with Crippen LogP contribution in [0.2, 0.25) is 0 Å². The molecule has 18 heavy (non-hydrogen) atoms. The molecule has 3 nitrogen and oxygen atoms in total. The van der Waals surface area contributed by atoms with Crippen molar-refractivity contribution >= 4 is 27.5 Å². The zero-order valence-electron chi connectivity index (χ0n) is 10.2. The van der Waals surface area contributed by atoms with Crippen molar-refractivity contribution in [2.45, 2.75) is 13.5 Å².